The quantitative estimate of drug-likeness (QED) is 0.888. The first-order valence-corrected chi connectivity index (χ1v) is 6.37. The summed E-state index contributed by atoms with van der Waals surface area (Å²) in [7, 11) is 1.67. The second-order valence-electron chi connectivity index (χ2n) is 5.34. The third kappa shape index (κ3) is 3.81. The van der Waals surface area contributed by atoms with Gasteiger partial charge in [0.2, 0.25) is 5.91 Å². The summed E-state index contributed by atoms with van der Waals surface area (Å²) < 4.78 is 0. The average molecular weight is 263 g/mol. The van der Waals surface area contributed by atoms with Crippen LogP contribution in [0, 0.1) is 5.41 Å². The molecule has 1 rings (SSSR count). The summed E-state index contributed by atoms with van der Waals surface area (Å²) in [6.45, 7) is 5.38. The van der Waals surface area contributed by atoms with Gasteiger partial charge in [-0.3, -0.25) is 9.59 Å². The normalized spacial score (nSPS) is 11.2. The number of carboxylic acid groups (broad SMARTS) is 1. The smallest absolute Gasteiger partial charge is 0.304 e. The summed E-state index contributed by atoms with van der Waals surface area (Å²) in [4.78, 5) is 24.6. The van der Waals surface area contributed by atoms with Crippen LogP contribution in [0.5, 0.6) is 0 Å². The molecule has 1 N–H and O–H groups in total. The van der Waals surface area contributed by atoms with E-state index in [1.165, 1.54) is 10.5 Å². The maximum atomic E-state index is 12.3. The molecule has 0 radical (unpaired) electrons. The maximum absolute atomic E-state index is 12.3. The van der Waals surface area contributed by atoms with Crippen LogP contribution in [0.15, 0.2) is 24.3 Å². The number of carbonyl (C=O) groups excluding carboxylic acids is 1. The van der Waals surface area contributed by atoms with E-state index >= 15 is 0 Å². The molecule has 0 aliphatic heterocycles. The van der Waals surface area contributed by atoms with Gasteiger partial charge < -0.3 is 10.0 Å². The Kier molecular flexibility index (Phi) is 4.70. The molecular weight excluding hydrogens is 242 g/mol. The molecule has 0 spiro atoms. The molecule has 0 bridgehead atoms. The molecule has 0 saturated heterocycles. The van der Waals surface area contributed by atoms with Gasteiger partial charge >= 0.3 is 5.97 Å². The van der Waals surface area contributed by atoms with Crippen molar-refractivity contribution in [1.82, 2.24) is 0 Å². The van der Waals surface area contributed by atoms with E-state index in [-0.39, 0.29) is 12.3 Å². The summed E-state index contributed by atoms with van der Waals surface area (Å²) in [5.41, 5.74) is 1.07. The van der Waals surface area contributed by atoms with Crippen LogP contribution in [0.2, 0.25) is 0 Å². The van der Waals surface area contributed by atoms with Crippen molar-refractivity contribution in [3.05, 3.63) is 29.8 Å². The predicted molar refractivity (Wildman–Crippen MR) is 75.3 cm³/mol. The fourth-order valence-corrected chi connectivity index (χ4v) is 1.98. The lowest BCUT2D eigenvalue weighted by molar-refractivity contribution is -0.143. The van der Waals surface area contributed by atoms with Gasteiger partial charge in [-0.15, -0.1) is 0 Å². The Hall–Kier alpha value is -1.84. The lowest BCUT2D eigenvalue weighted by Gasteiger charge is -2.28. The first-order chi connectivity index (χ1) is 8.77. The molecule has 4 heteroatoms. The van der Waals surface area contributed by atoms with E-state index in [4.69, 9.17) is 5.11 Å². The van der Waals surface area contributed by atoms with Crippen molar-refractivity contribution < 1.29 is 14.7 Å². The van der Waals surface area contributed by atoms with Crippen molar-refractivity contribution in [2.75, 3.05) is 11.9 Å². The standard InChI is InChI=1S/C15H21NO3/c1-5-11-6-8-12(9-7-11)16(4)14(19)15(2,3)10-13(17)18/h6-9H,5,10H2,1-4H3,(H,17,18). The van der Waals surface area contributed by atoms with Gasteiger partial charge in [0.25, 0.3) is 0 Å². The summed E-state index contributed by atoms with van der Waals surface area (Å²) >= 11 is 0. The highest BCUT2D eigenvalue weighted by molar-refractivity contribution is 5.98. The number of benzene rings is 1. The Balaban J connectivity index is 2.89. The SMILES string of the molecule is CCc1ccc(N(C)C(=O)C(C)(C)CC(=O)O)cc1. The lowest BCUT2D eigenvalue weighted by atomic mass is 9.87. The van der Waals surface area contributed by atoms with Crippen LogP contribution in [-0.2, 0) is 16.0 Å². The lowest BCUT2D eigenvalue weighted by Crippen LogP contribution is -2.39. The molecular formula is C15H21NO3. The Bertz CT molecular complexity index is 463. The summed E-state index contributed by atoms with van der Waals surface area (Å²) in [5, 5.41) is 8.85. The van der Waals surface area contributed by atoms with Crippen LogP contribution in [0.25, 0.3) is 0 Å². The van der Waals surface area contributed by atoms with E-state index < -0.39 is 11.4 Å². The number of aliphatic carboxylic acids is 1. The minimum Gasteiger partial charge on any atom is -0.481 e. The van der Waals surface area contributed by atoms with Crippen molar-refractivity contribution >= 4 is 17.6 Å². The second-order valence-corrected chi connectivity index (χ2v) is 5.34. The van der Waals surface area contributed by atoms with Gasteiger partial charge in [0, 0.05) is 12.7 Å². The number of anilines is 1. The largest absolute Gasteiger partial charge is 0.481 e. The monoisotopic (exact) mass is 263 g/mol. The fraction of sp³-hybridized carbons (Fsp3) is 0.467. The van der Waals surface area contributed by atoms with Gasteiger partial charge in [-0.1, -0.05) is 32.9 Å². The number of hydrogen-bond donors (Lipinski definition) is 1. The highest BCUT2D eigenvalue weighted by Crippen LogP contribution is 2.26. The molecule has 0 atom stereocenters. The number of carbonyl (C=O) groups is 2. The predicted octanol–water partition coefficient (Wildman–Crippen LogP) is 2.71. The van der Waals surface area contributed by atoms with Crippen LogP contribution in [-0.4, -0.2) is 24.0 Å². The van der Waals surface area contributed by atoms with E-state index in [9.17, 15) is 9.59 Å². The van der Waals surface area contributed by atoms with Gasteiger partial charge in [0.15, 0.2) is 0 Å². The number of amides is 1. The third-order valence-electron chi connectivity index (χ3n) is 3.21. The van der Waals surface area contributed by atoms with Gasteiger partial charge in [-0.25, -0.2) is 0 Å². The van der Waals surface area contributed by atoms with Gasteiger partial charge in [0.1, 0.15) is 0 Å². The highest BCUT2D eigenvalue weighted by atomic mass is 16.4. The molecule has 0 heterocycles. The van der Waals surface area contributed by atoms with Crippen LogP contribution >= 0.6 is 0 Å². The molecule has 0 unspecified atom stereocenters. The Morgan fingerprint density at radius 1 is 1.21 bits per heavy atom. The molecule has 0 aliphatic rings. The highest BCUT2D eigenvalue weighted by Gasteiger charge is 2.33. The summed E-state index contributed by atoms with van der Waals surface area (Å²) in [6, 6.07) is 7.72. The van der Waals surface area contributed by atoms with E-state index in [1.54, 1.807) is 20.9 Å². The molecule has 0 aliphatic carbocycles. The summed E-state index contributed by atoms with van der Waals surface area (Å²) in [5.74, 6) is -1.16. The topological polar surface area (TPSA) is 57.6 Å². The van der Waals surface area contributed by atoms with Gasteiger partial charge in [-0.05, 0) is 24.1 Å². The number of carboxylic acids is 1. The Labute approximate surface area is 114 Å². The average Bonchev–Trinajstić information content (AvgIpc) is 2.35. The zero-order valence-electron chi connectivity index (χ0n) is 11.9. The maximum Gasteiger partial charge on any atom is 0.304 e. The molecule has 1 aromatic rings. The zero-order chi connectivity index (χ0) is 14.6. The van der Waals surface area contributed by atoms with Crippen molar-refractivity contribution in [2.24, 2.45) is 5.41 Å². The van der Waals surface area contributed by atoms with Crippen molar-refractivity contribution in [3.63, 3.8) is 0 Å². The van der Waals surface area contributed by atoms with Crippen LogP contribution in [0.1, 0.15) is 32.8 Å². The van der Waals surface area contributed by atoms with Crippen LogP contribution in [0.3, 0.4) is 0 Å². The fourth-order valence-electron chi connectivity index (χ4n) is 1.98. The van der Waals surface area contributed by atoms with Crippen molar-refractivity contribution in [1.29, 1.82) is 0 Å². The molecule has 104 valence electrons. The van der Waals surface area contributed by atoms with Crippen LogP contribution < -0.4 is 4.90 Å². The molecule has 4 nitrogen and oxygen atoms in total. The Morgan fingerprint density at radius 3 is 2.16 bits per heavy atom. The van der Waals surface area contributed by atoms with Crippen molar-refractivity contribution in [2.45, 2.75) is 33.6 Å². The molecule has 0 saturated carbocycles. The second kappa shape index (κ2) is 5.87. The first kappa shape index (κ1) is 15.2. The first-order valence-electron chi connectivity index (χ1n) is 6.37. The van der Waals surface area contributed by atoms with E-state index in [2.05, 4.69) is 6.92 Å². The van der Waals surface area contributed by atoms with E-state index in [1.807, 2.05) is 24.3 Å². The molecule has 19 heavy (non-hydrogen) atoms. The van der Waals surface area contributed by atoms with Gasteiger partial charge in [-0.2, -0.15) is 0 Å². The summed E-state index contributed by atoms with van der Waals surface area (Å²) in [6.07, 6.45) is 0.770. The number of aryl methyl sites for hydroxylation is 1. The number of hydrogen-bond acceptors (Lipinski definition) is 2. The minimum absolute atomic E-state index is 0.177. The molecule has 1 amide bonds. The number of rotatable bonds is 5. The number of nitrogens with zero attached hydrogens (tertiary/aromatic N) is 1. The van der Waals surface area contributed by atoms with E-state index in [0.29, 0.717) is 0 Å². The molecule has 1 aromatic carbocycles. The zero-order valence-corrected chi connectivity index (χ0v) is 11.9. The van der Waals surface area contributed by atoms with Crippen molar-refractivity contribution in [3.8, 4) is 0 Å². The Morgan fingerprint density at radius 2 is 1.74 bits per heavy atom. The minimum atomic E-state index is -0.965. The molecule has 0 fully saturated rings. The van der Waals surface area contributed by atoms with Gasteiger partial charge in [0.05, 0.1) is 11.8 Å². The third-order valence-corrected chi connectivity index (χ3v) is 3.21. The van der Waals surface area contributed by atoms with E-state index in [0.717, 1.165) is 12.1 Å². The van der Waals surface area contributed by atoms with Crippen LogP contribution in [0.4, 0.5) is 5.69 Å². The molecule has 0 aromatic heterocycles.